The topological polar surface area (TPSA) is 56.7 Å². The van der Waals surface area contributed by atoms with Crippen LogP contribution in [0.5, 0.6) is 0 Å². The third kappa shape index (κ3) is 5.84. The molecule has 0 aliphatic heterocycles. The summed E-state index contributed by atoms with van der Waals surface area (Å²) >= 11 is 0. The van der Waals surface area contributed by atoms with Crippen LogP contribution in [0, 0.1) is 19.1 Å². The Labute approximate surface area is 291 Å². The molecule has 9 rings (SSSR count). The second-order valence-electron chi connectivity index (χ2n) is 11.2. The first-order valence-electron chi connectivity index (χ1n) is 15.4. The molecular weight excluding hydrogens is 769 g/mol. The van der Waals surface area contributed by atoms with Crippen molar-refractivity contribution < 1.29 is 24.5 Å². The summed E-state index contributed by atoms with van der Waals surface area (Å²) in [4.78, 5) is 14.0. The predicted octanol–water partition coefficient (Wildman–Crippen LogP) is 10.3. The second-order valence-corrected chi connectivity index (χ2v) is 11.2. The Morgan fingerprint density at radius 1 is 0.646 bits per heavy atom. The van der Waals surface area contributed by atoms with Crippen LogP contribution >= 0.6 is 0 Å². The first-order chi connectivity index (χ1) is 23.2. The zero-order valence-electron chi connectivity index (χ0n) is 26.0. The first kappa shape index (κ1) is 30.9. The summed E-state index contributed by atoms with van der Waals surface area (Å²) in [6.45, 7) is 2.06. The van der Waals surface area contributed by atoms with E-state index in [9.17, 15) is 0 Å². The molecule has 48 heavy (non-hydrogen) atoms. The van der Waals surface area contributed by atoms with E-state index < -0.39 is 0 Å². The summed E-state index contributed by atoms with van der Waals surface area (Å²) in [7, 11) is 0. The van der Waals surface area contributed by atoms with Crippen LogP contribution in [0.2, 0.25) is 0 Å². The van der Waals surface area contributed by atoms with Gasteiger partial charge in [0.1, 0.15) is 5.58 Å². The fourth-order valence-electron chi connectivity index (χ4n) is 5.88. The summed E-state index contributed by atoms with van der Waals surface area (Å²) in [5.74, 6) is 0.765. The van der Waals surface area contributed by atoms with Gasteiger partial charge in [0.25, 0.3) is 0 Å². The summed E-state index contributed by atoms with van der Waals surface area (Å²) < 4.78 is 8.61. The van der Waals surface area contributed by atoms with Crippen molar-refractivity contribution in [2.24, 2.45) is 0 Å². The molecule has 0 spiro atoms. The van der Waals surface area contributed by atoms with Gasteiger partial charge in [-0.05, 0) is 59.6 Å². The summed E-state index contributed by atoms with van der Waals surface area (Å²) in [6, 6.07) is 53.2. The minimum atomic E-state index is 0. The SMILES string of the molecule is Cc1ccnc2c1nc(-c1[c-]ccc3c1oc1cc(-c4ccccc4)ccc13)n2-c1ccccc1.[Ir].[c-]1ccccc1-c1ccccn1. The monoisotopic (exact) mass is 797 g/mol. The van der Waals surface area contributed by atoms with E-state index in [-0.39, 0.29) is 20.1 Å². The Balaban J connectivity index is 0.000000237. The summed E-state index contributed by atoms with van der Waals surface area (Å²) in [5, 5.41) is 2.12. The van der Waals surface area contributed by atoms with Crippen LogP contribution in [0.15, 0.2) is 156 Å². The van der Waals surface area contributed by atoms with E-state index in [0.717, 1.165) is 78.1 Å². The van der Waals surface area contributed by atoms with Crippen LogP contribution in [-0.4, -0.2) is 19.5 Å². The summed E-state index contributed by atoms with van der Waals surface area (Å²) in [6.07, 6.45) is 3.62. The van der Waals surface area contributed by atoms with Crippen molar-refractivity contribution in [1.82, 2.24) is 19.5 Å². The van der Waals surface area contributed by atoms with E-state index in [1.807, 2.05) is 85.1 Å². The van der Waals surface area contributed by atoms with Crippen LogP contribution < -0.4 is 0 Å². The molecule has 0 saturated heterocycles. The van der Waals surface area contributed by atoms with Crippen molar-refractivity contribution >= 4 is 33.1 Å². The Hall–Kier alpha value is -5.68. The zero-order chi connectivity index (χ0) is 31.6. The number of hydrogen-bond donors (Lipinski definition) is 0. The molecule has 233 valence electrons. The van der Waals surface area contributed by atoms with E-state index in [2.05, 4.69) is 94.3 Å². The van der Waals surface area contributed by atoms with Crippen LogP contribution in [0.1, 0.15) is 5.56 Å². The maximum atomic E-state index is 6.51. The molecule has 9 aromatic rings. The van der Waals surface area contributed by atoms with Crippen molar-refractivity contribution in [1.29, 1.82) is 0 Å². The second kappa shape index (κ2) is 13.6. The number of benzene rings is 5. The van der Waals surface area contributed by atoms with Gasteiger partial charge in [-0.1, -0.05) is 83.7 Å². The molecular formula is C42H28IrN4O-2. The number of imidazole rings is 1. The van der Waals surface area contributed by atoms with E-state index in [0.29, 0.717) is 0 Å². The van der Waals surface area contributed by atoms with E-state index >= 15 is 0 Å². The van der Waals surface area contributed by atoms with Gasteiger partial charge in [0, 0.05) is 43.6 Å². The van der Waals surface area contributed by atoms with Crippen molar-refractivity contribution in [3.8, 4) is 39.5 Å². The molecule has 0 atom stereocenters. The standard InChI is InChI=1S/C31H20N3O.C11H8N.Ir/c1-20-17-18-32-31-28(20)33-30(34(31)23-11-6-3-7-12-23)26-14-8-13-25-24-16-15-22(19-27(24)35-29(25)26)21-9-4-2-5-10-21;1-2-6-10(7-3-1)11-8-4-5-9-12-11;/h2-13,15-19H,1H3;1-6,8-9H;/q2*-1;. The van der Waals surface area contributed by atoms with Gasteiger partial charge in [-0.3, -0.25) is 4.98 Å². The van der Waals surface area contributed by atoms with Gasteiger partial charge in [0.2, 0.25) is 0 Å². The predicted molar refractivity (Wildman–Crippen MR) is 189 cm³/mol. The minimum Gasteiger partial charge on any atom is -0.501 e. The van der Waals surface area contributed by atoms with E-state index in [1.54, 1.807) is 6.20 Å². The molecule has 0 N–H and O–H groups in total. The maximum Gasteiger partial charge on any atom is 0.155 e. The molecule has 0 saturated carbocycles. The maximum absolute atomic E-state index is 6.51. The largest absolute Gasteiger partial charge is 0.501 e. The quantitative estimate of drug-likeness (QED) is 0.167. The third-order valence-corrected chi connectivity index (χ3v) is 8.18. The number of rotatable bonds is 4. The fourth-order valence-corrected chi connectivity index (χ4v) is 5.88. The molecule has 0 aliphatic carbocycles. The Kier molecular flexibility index (Phi) is 8.76. The first-order valence-corrected chi connectivity index (χ1v) is 15.4. The van der Waals surface area contributed by atoms with Gasteiger partial charge in [-0.15, -0.1) is 54.1 Å². The Morgan fingerprint density at radius 2 is 1.44 bits per heavy atom. The van der Waals surface area contributed by atoms with E-state index in [1.165, 1.54) is 0 Å². The number of aryl methyl sites for hydroxylation is 1. The molecule has 5 aromatic carbocycles. The molecule has 5 nitrogen and oxygen atoms in total. The number of pyridine rings is 2. The van der Waals surface area contributed by atoms with Crippen LogP contribution in [-0.2, 0) is 20.1 Å². The molecule has 4 heterocycles. The fraction of sp³-hybridized carbons (Fsp3) is 0.0238. The van der Waals surface area contributed by atoms with Crippen molar-refractivity contribution in [2.45, 2.75) is 6.92 Å². The number of fused-ring (bicyclic) bond motifs is 4. The third-order valence-electron chi connectivity index (χ3n) is 8.18. The molecule has 6 heteroatoms. The van der Waals surface area contributed by atoms with Gasteiger partial charge in [0.15, 0.2) is 5.65 Å². The number of nitrogens with zero attached hydrogens (tertiary/aromatic N) is 4. The van der Waals surface area contributed by atoms with Gasteiger partial charge < -0.3 is 14.0 Å². The van der Waals surface area contributed by atoms with Crippen molar-refractivity contribution in [2.75, 3.05) is 0 Å². The molecule has 0 bridgehead atoms. The number of para-hydroxylation sites is 1. The van der Waals surface area contributed by atoms with E-state index in [4.69, 9.17) is 9.40 Å². The molecule has 0 aliphatic rings. The number of hydrogen-bond acceptors (Lipinski definition) is 4. The van der Waals surface area contributed by atoms with Crippen LogP contribution in [0.3, 0.4) is 0 Å². The number of aromatic nitrogens is 4. The van der Waals surface area contributed by atoms with Gasteiger partial charge in [-0.25, -0.2) is 4.98 Å². The average Bonchev–Trinajstić information content (AvgIpc) is 3.73. The van der Waals surface area contributed by atoms with Gasteiger partial charge in [0.05, 0.1) is 16.9 Å². The van der Waals surface area contributed by atoms with Gasteiger partial charge >= 0.3 is 0 Å². The normalized spacial score (nSPS) is 10.9. The summed E-state index contributed by atoms with van der Waals surface area (Å²) in [5.41, 5.74) is 10.5. The Morgan fingerprint density at radius 3 is 2.21 bits per heavy atom. The van der Waals surface area contributed by atoms with Crippen molar-refractivity contribution in [3.63, 3.8) is 0 Å². The molecule has 4 aromatic heterocycles. The van der Waals surface area contributed by atoms with Crippen LogP contribution in [0.4, 0.5) is 0 Å². The molecule has 0 unspecified atom stereocenters. The molecule has 0 amide bonds. The van der Waals surface area contributed by atoms with Gasteiger partial charge in [-0.2, -0.15) is 0 Å². The molecule has 1 radical (unpaired) electrons. The zero-order valence-corrected chi connectivity index (χ0v) is 28.4. The van der Waals surface area contributed by atoms with Crippen LogP contribution in [0.25, 0.3) is 72.6 Å². The minimum absolute atomic E-state index is 0. The smallest absolute Gasteiger partial charge is 0.155 e. The Bertz CT molecular complexity index is 2420. The molecule has 0 fully saturated rings. The number of furan rings is 1. The van der Waals surface area contributed by atoms with Crippen molar-refractivity contribution in [3.05, 3.63) is 170 Å². The average molecular weight is 797 g/mol.